The van der Waals surface area contributed by atoms with Crippen molar-refractivity contribution < 1.29 is 0 Å². The fraction of sp³-hybridized carbons (Fsp3) is 0.526. The van der Waals surface area contributed by atoms with E-state index in [0.29, 0.717) is 6.04 Å². The number of guanidine groups is 1. The van der Waals surface area contributed by atoms with E-state index in [-0.39, 0.29) is 0 Å². The number of nitrogens with one attached hydrogen (secondary N) is 3. The summed E-state index contributed by atoms with van der Waals surface area (Å²) in [6.45, 7) is 3.01. The molecule has 2 atom stereocenters. The lowest BCUT2D eigenvalue weighted by molar-refractivity contribution is 0.615. The van der Waals surface area contributed by atoms with Gasteiger partial charge in [-0.05, 0) is 56.1 Å². The quantitative estimate of drug-likeness (QED) is 0.575. The Kier molecular flexibility index (Phi) is 5.72. The average molecular weight is 345 g/mol. The summed E-state index contributed by atoms with van der Waals surface area (Å²) in [5.41, 5.74) is 3.87. The third-order valence-corrected chi connectivity index (χ3v) is 5.99. The van der Waals surface area contributed by atoms with Crippen molar-refractivity contribution in [2.45, 2.75) is 43.9 Å². The number of aliphatic imine (C=N–C) groups is 1. The molecule has 1 aromatic carbocycles. The Bertz CT molecular complexity index is 706. The van der Waals surface area contributed by atoms with Crippen LogP contribution in [-0.2, 0) is 6.42 Å². The van der Waals surface area contributed by atoms with Crippen LogP contribution in [0.1, 0.15) is 30.4 Å². The molecular weight excluding hydrogens is 316 g/mol. The van der Waals surface area contributed by atoms with Gasteiger partial charge in [0.2, 0.25) is 0 Å². The highest BCUT2D eigenvalue weighted by molar-refractivity contribution is 7.99. The molecule has 24 heavy (non-hydrogen) atoms. The normalized spacial score (nSPS) is 21.4. The number of thioether (sulfide) groups is 1. The van der Waals surface area contributed by atoms with E-state index >= 15 is 0 Å². The molecule has 1 heterocycles. The lowest BCUT2D eigenvalue weighted by atomic mass is 10.1. The Balaban J connectivity index is 1.51. The van der Waals surface area contributed by atoms with Crippen molar-refractivity contribution in [1.29, 1.82) is 0 Å². The number of hydrogen-bond acceptors (Lipinski definition) is 2. The topological polar surface area (TPSA) is 52.2 Å². The van der Waals surface area contributed by atoms with E-state index in [2.05, 4.69) is 58.2 Å². The maximum absolute atomic E-state index is 4.37. The van der Waals surface area contributed by atoms with Crippen molar-refractivity contribution in [2.24, 2.45) is 4.99 Å². The van der Waals surface area contributed by atoms with Crippen molar-refractivity contribution in [2.75, 3.05) is 19.8 Å². The van der Waals surface area contributed by atoms with Crippen LogP contribution in [0.25, 0.3) is 10.9 Å². The molecule has 1 aliphatic rings. The van der Waals surface area contributed by atoms with Crippen LogP contribution in [0.15, 0.2) is 29.4 Å². The van der Waals surface area contributed by atoms with Gasteiger partial charge in [-0.25, -0.2) is 0 Å². The largest absolute Gasteiger partial charge is 0.361 e. The number of benzene rings is 1. The molecule has 1 saturated carbocycles. The summed E-state index contributed by atoms with van der Waals surface area (Å²) in [5, 5.41) is 9.16. The van der Waals surface area contributed by atoms with E-state index in [4.69, 9.17) is 0 Å². The van der Waals surface area contributed by atoms with Gasteiger partial charge >= 0.3 is 0 Å². The molecule has 3 rings (SSSR count). The van der Waals surface area contributed by atoms with Gasteiger partial charge in [-0.15, -0.1) is 0 Å². The number of aryl methyl sites for hydroxylation is 1. The van der Waals surface area contributed by atoms with Crippen LogP contribution >= 0.6 is 11.8 Å². The molecule has 0 bridgehead atoms. The average Bonchev–Trinajstić information content (AvgIpc) is 3.20. The molecule has 1 fully saturated rings. The van der Waals surface area contributed by atoms with E-state index in [1.54, 1.807) is 0 Å². The van der Waals surface area contributed by atoms with E-state index in [1.165, 1.54) is 41.3 Å². The smallest absolute Gasteiger partial charge is 0.191 e. The SMILES string of the molecule is CN=C(NCCc1c[nH]c2cc(C)ccc12)NC1CCC(SC)C1. The number of fused-ring (bicyclic) bond motifs is 1. The Morgan fingerprint density at radius 1 is 1.38 bits per heavy atom. The molecule has 1 aromatic heterocycles. The van der Waals surface area contributed by atoms with E-state index in [0.717, 1.165) is 24.2 Å². The van der Waals surface area contributed by atoms with Crippen LogP contribution < -0.4 is 10.6 Å². The first-order valence-corrected chi connectivity index (χ1v) is 10.0. The molecule has 130 valence electrons. The Hall–Kier alpha value is -1.62. The van der Waals surface area contributed by atoms with Crippen molar-refractivity contribution in [3.05, 3.63) is 35.5 Å². The number of aromatic amines is 1. The first kappa shape index (κ1) is 17.2. The number of nitrogens with zero attached hydrogens (tertiary/aromatic N) is 1. The predicted octanol–water partition coefficient (Wildman–Crippen LogP) is 3.47. The lowest BCUT2D eigenvalue weighted by Crippen LogP contribution is -2.43. The van der Waals surface area contributed by atoms with Gasteiger partial charge in [0.1, 0.15) is 0 Å². The highest BCUT2D eigenvalue weighted by Gasteiger charge is 2.24. The Morgan fingerprint density at radius 2 is 2.25 bits per heavy atom. The second-order valence-corrected chi connectivity index (χ2v) is 7.76. The summed E-state index contributed by atoms with van der Waals surface area (Å²) < 4.78 is 0. The van der Waals surface area contributed by atoms with Gasteiger partial charge in [-0.1, -0.05) is 12.1 Å². The second kappa shape index (κ2) is 7.97. The zero-order valence-corrected chi connectivity index (χ0v) is 15.7. The Labute approximate surface area is 148 Å². The number of hydrogen-bond donors (Lipinski definition) is 3. The van der Waals surface area contributed by atoms with Crippen LogP contribution in [-0.4, -0.2) is 42.1 Å². The van der Waals surface area contributed by atoms with Gasteiger partial charge in [0.25, 0.3) is 0 Å². The minimum atomic E-state index is 0.560. The minimum absolute atomic E-state index is 0.560. The fourth-order valence-corrected chi connectivity index (χ4v) is 4.29. The number of H-pyrrole nitrogens is 1. The van der Waals surface area contributed by atoms with Crippen molar-refractivity contribution in [1.82, 2.24) is 15.6 Å². The van der Waals surface area contributed by atoms with E-state index in [9.17, 15) is 0 Å². The van der Waals surface area contributed by atoms with Gasteiger partial charge in [0.05, 0.1) is 0 Å². The second-order valence-electron chi connectivity index (χ2n) is 6.62. The van der Waals surface area contributed by atoms with Crippen LogP contribution in [0.5, 0.6) is 0 Å². The van der Waals surface area contributed by atoms with Crippen molar-refractivity contribution in [3.8, 4) is 0 Å². The highest BCUT2D eigenvalue weighted by Crippen LogP contribution is 2.28. The van der Waals surface area contributed by atoms with Gasteiger partial charge in [0, 0.05) is 42.0 Å². The zero-order chi connectivity index (χ0) is 16.9. The summed E-state index contributed by atoms with van der Waals surface area (Å²) in [5.74, 6) is 0.928. The predicted molar refractivity (Wildman–Crippen MR) is 106 cm³/mol. The zero-order valence-electron chi connectivity index (χ0n) is 14.9. The molecule has 5 heteroatoms. The summed E-state index contributed by atoms with van der Waals surface area (Å²) in [6, 6.07) is 7.15. The monoisotopic (exact) mass is 344 g/mol. The third-order valence-electron chi connectivity index (χ3n) is 4.89. The van der Waals surface area contributed by atoms with Gasteiger partial charge < -0.3 is 15.6 Å². The van der Waals surface area contributed by atoms with Crippen molar-refractivity contribution in [3.63, 3.8) is 0 Å². The molecule has 0 radical (unpaired) electrons. The molecule has 0 saturated heterocycles. The fourth-order valence-electron chi connectivity index (χ4n) is 3.50. The maximum Gasteiger partial charge on any atom is 0.191 e. The molecule has 4 nitrogen and oxygen atoms in total. The van der Waals surface area contributed by atoms with Crippen LogP contribution in [0.4, 0.5) is 0 Å². The van der Waals surface area contributed by atoms with Gasteiger partial charge in [0.15, 0.2) is 5.96 Å². The molecule has 0 aliphatic heterocycles. The van der Waals surface area contributed by atoms with Crippen molar-refractivity contribution >= 4 is 28.6 Å². The summed E-state index contributed by atoms with van der Waals surface area (Å²) in [7, 11) is 1.85. The van der Waals surface area contributed by atoms with E-state index < -0.39 is 0 Å². The number of rotatable bonds is 5. The third kappa shape index (κ3) is 4.07. The summed E-state index contributed by atoms with van der Waals surface area (Å²) >= 11 is 1.99. The van der Waals surface area contributed by atoms with Crippen LogP contribution in [0, 0.1) is 6.92 Å². The molecule has 2 unspecified atom stereocenters. The lowest BCUT2D eigenvalue weighted by Gasteiger charge is -2.17. The number of aromatic nitrogens is 1. The van der Waals surface area contributed by atoms with Gasteiger partial charge in [-0.2, -0.15) is 11.8 Å². The van der Waals surface area contributed by atoms with Crippen LogP contribution in [0.3, 0.4) is 0 Å². The first-order valence-electron chi connectivity index (χ1n) is 8.76. The van der Waals surface area contributed by atoms with Crippen LogP contribution in [0.2, 0.25) is 0 Å². The molecule has 1 aliphatic carbocycles. The first-order chi connectivity index (χ1) is 11.7. The summed E-state index contributed by atoms with van der Waals surface area (Å²) in [4.78, 5) is 7.75. The summed E-state index contributed by atoms with van der Waals surface area (Å²) in [6.07, 6.45) is 9.12. The Morgan fingerprint density at radius 3 is 3.00 bits per heavy atom. The highest BCUT2D eigenvalue weighted by atomic mass is 32.2. The molecule has 3 N–H and O–H groups in total. The maximum atomic E-state index is 4.37. The minimum Gasteiger partial charge on any atom is -0.361 e. The molecular formula is C19H28N4S. The molecule has 2 aromatic rings. The van der Waals surface area contributed by atoms with E-state index in [1.807, 2.05) is 18.8 Å². The molecule has 0 spiro atoms. The standard InChI is InChI=1S/C19H28N4S/c1-13-4-7-17-14(12-22-18(17)10-13)8-9-21-19(20-2)23-15-5-6-16(11-15)24-3/h4,7,10,12,15-16,22H,5-6,8-9,11H2,1-3H3,(H2,20,21,23). The molecule has 0 amide bonds. The van der Waals surface area contributed by atoms with Gasteiger partial charge in [-0.3, -0.25) is 4.99 Å².